The number of rotatable bonds is 4. The van der Waals surface area contributed by atoms with E-state index in [1.54, 1.807) is 18.3 Å². The highest BCUT2D eigenvalue weighted by Gasteiger charge is 2.07. The van der Waals surface area contributed by atoms with E-state index < -0.39 is 0 Å². The summed E-state index contributed by atoms with van der Waals surface area (Å²) in [6.45, 7) is 2.02. The van der Waals surface area contributed by atoms with Crippen LogP contribution in [0.15, 0.2) is 41.8 Å². The number of imidazole rings is 1. The number of hydrogen-bond donors (Lipinski definition) is 1. The lowest BCUT2D eigenvalue weighted by molar-refractivity contribution is 0.891. The van der Waals surface area contributed by atoms with Crippen LogP contribution in [0, 0.1) is 22.7 Å². The van der Waals surface area contributed by atoms with Gasteiger partial charge in [0.05, 0.1) is 11.4 Å². The van der Waals surface area contributed by atoms with Gasteiger partial charge in [-0.2, -0.15) is 15.6 Å². The van der Waals surface area contributed by atoms with Gasteiger partial charge in [0.2, 0.25) is 5.71 Å². The third kappa shape index (κ3) is 2.65. The van der Waals surface area contributed by atoms with Crippen molar-refractivity contribution in [2.75, 3.05) is 5.43 Å². The molecular weight excluding hydrogens is 252 g/mol. The van der Waals surface area contributed by atoms with Gasteiger partial charge in [0.25, 0.3) is 0 Å². The van der Waals surface area contributed by atoms with Crippen LogP contribution in [-0.4, -0.2) is 15.3 Å². The first-order valence-electron chi connectivity index (χ1n) is 6.05. The second-order valence-corrected chi connectivity index (χ2v) is 3.88. The van der Waals surface area contributed by atoms with E-state index in [-0.39, 0.29) is 5.71 Å². The topological polar surface area (TPSA) is 89.8 Å². The minimum atomic E-state index is -0.221. The van der Waals surface area contributed by atoms with Gasteiger partial charge >= 0.3 is 0 Å². The highest BCUT2D eigenvalue weighted by atomic mass is 15.3. The third-order valence-electron chi connectivity index (χ3n) is 2.70. The van der Waals surface area contributed by atoms with Gasteiger partial charge in [-0.3, -0.25) is 5.43 Å². The molecule has 6 heteroatoms. The maximum atomic E-state index is 8.68. The minimum Gasteiger partial charge on any atom is -0.302 e. The van der Waals surface area contributed by atoms with Crippen LogP contribution in [0.25, 0.3) is 5.69 Å². The summed E-state index contributed by atoms with van der Waals surface area (Å²) >= 11 is 0. The van der Waals surface area contributed by atoms with Gasteiger partial charge in [0, 0.05) is 18.8 Å². The van der Waals surface area contributed by atoms with Crippen LogP contribution in [0.3, 0.4) is 0 Å². The Labute approximate surface area is 116 Å². The van der Waals surface area contributed by atoms with Crippen molar-refractivity contribution in [3.05, 3.63) is 42.5 Å². The van der Waals surface area contributed by atoms with E-state index >= 15 is 0 Å². The molecule has 0 aliphatic rings. The summed E-state index contributed by atoms with van der Waals surface area (Å²) in [5, 5.41) is 21.1. The molecule has 20 heavy (non-hydrogen) atoms. The monoisotopic (exact) mass is 264 g/mol. The number of anilines is 1. The summed E-state index contributed by atoms with van der Waals surface area (Å²) < 4.78 is 1.94. The van der Waals surface area contributed by atoms with E-state index in [1.807, 2.05) is 42.0 Å². The van der Waals surface area contributed by atoms with Crippen molar-refractivity contribution in [2.24, 2.45) is 5.10 Å². The third-order valence-corrected chi connectivity index (χ3v) is 2.70. The molecule has 0 unspecified atom stereocenters. The van der Waals surface area contributed by atoms with Crippen molar-refractivity contribution in [1.29, 1.82) is 10.5 Å². The van der Waals surface area contributed by atoms with Crippen LogP contribution < -0.4 is 5.43 Å². The molecule has 0 bridgehead atoms. The molecule has 1 aromatic carbocycles. The summed E-state index contributed by atoms with van der Waals surface area (Å²) in [4.78, 5) is 4.27. The molecule has 0 radical (unpaired) electrons. The fraction of sp³-hybridized carbons (Fsp3) is 0.143. The second kappa shape index (κ2) is 6.17. The van der Waals surface area contributed by atoms with Crippen molar-refractivity contribution >= 4 is 11.4 Å². The number of aromatic nitrogens is 2. The number of para-hydroxylation sites is 2. The van der Waals surface area contributed by atoms with Gasteiger partial charge in [-0.25, -0.2) is 4.98 Å². The molecule has 0 amide bonds. The number of nitrogens with zero attached hydrogens (tertiary/aromatic N) is 5. The van der Waals surface area contributed by atoms with Crippen LogP contribution in [0.2, 0.25) is 0 Å². The molecule has 0 atom stereocenters. The van der Waals surface area contributed by atoms with Crippen LogP contribution in [0.5, 0.6) is 0 Å². The summed E-state index contributed by atoms with van der Waals surface area (Å²) in [5.74, 6) is 0.920. The average molecular weight is 264 g/mol. The Balaban J connectivity index is 2.40. The predicted molar refractivity (Wildman–Crippen MR) is 75.2 cm³/mol. The molecule has 1 heterocycles. The number of benzene rings is 1. The molecule has 0 saturated heterocycles. The van der Waals surface area contributed by atoms with Gasteiger partial charge in [-0.1, -0.05) is 19.1 Å². The van der Waals surface area contributed by atoms with Crippen LogP contribution in [0.4, 0.5) is 5.69 Å². The molecule has 6 nitrogen and oxygen atoms in total. The van der Waals surface area contributed by atoms with E-state index in [4.69, 9.17) is 10.5 Å². The number of hydrazone groups is 1. The van der Waals surface area contributed by atoms with Gasteiger partial charge in [-0.05, 0) is 12.1 Å². The maximum absolute atomic E-state index is 8.68. The van der Waals surface area contributed by atoms with Crippen LogP contribution >= 0.6 is 0 Å². The zero-order valence-corrected chi connectivity index (χ0v) is 10.9. The molecule has 0 saturated carbocycles. The van der Waals surface area contributed by atoms with Crippen molar-refractivity contribution in [3.63, 3.8) is 0 Å². The van der Waals surface area contributed by atoms with E-state index in [9.17, 15) is 0 Å². The molecule has 0 spiro atoms. The lowest BCUT2D eigenvalue weighted by atomic mass is 10.2. The summed E-state index contributed by atoms with van der Waals surface area (Å²) in [7, 11) is 0. The van der Waals surface area contributed by atoms with E-state index in [1.165, 1.54) is 0 Å². The Bertz CT molecular complexity index is 698. The van der Waals surface area contributed by atoms with Gasteiger partial charge in [0.1, 0.15) is 18.0 Å². The van der Waals surface area contributed by atoms with Crippen LogP contribution in [-0.2, 0) is 6.42 Å². The molecule has 1 aromatic heterocycles. The van der Waals surface area contributed by atoms with E-state index in [0.717, 1.165) is 17.9 Å². The zero-order chi connectivity index (χ0) is 14.4. The lowest BCUT2D eigenvalue weighted by Gasteiger charge is -2.11. The van der Waals surface area contributed by atoms with Gasteiger partial charge < -0.3 is 4.57 Å². The molecule has 0 aliphatic carbocycles. The highest BCUT2D eigenvalue weighted by Crippen LogP contribution is 2.21. The standard InChI is InChI=1S/C14H12N6/c1-2-14-17-7-8-20(14)13-6-4-3-5-12(13)19-18-11(9-15)10-16/h3-8,19H,2H2,1H3. The van der Waals surface area contributed by atoms with Gasteiger partial charge in [0.15, 0.2) is 0 Å². The second-order valence-electron chi connectivity index (χ2n) is 3.88. The van der Waals surface area contributed by atoms with Gasteiger partial charge in [-0.15, -0.1) is 0 Å². The fourth-order valence-electron chi connectivity index (χ4n) is 1.78. The normalized spacial score (nSPS) is 9.35. The Morgan fingerprint density at radius 1 is 1.35 bits per heavy atom. The molecule has 1 N–H and O–H groups in total. The number of nitrogens with one attached hydrogen (secondary N) is 1. The minimum absolute atomic E-state index is 0.221. The zero-order valence-electron chi connectivity index (χ0n) is 10.9. The largest absolute Gasteiger partial charge is 0.302 e. The number of nitriles is 2. The molecule has 2 rings (SSSR count). The maximum Gasteiger partial charge on any atom is 0.237 e. The van der Waals surface area contributed by atoms with Crippen molar-refractivity contribution in [1.82, 2.24) is 9.55 Å². The summed E-state index contributed by atoms with van der Waals surface area (Å²) in [6.07, 6.45) is 4.39. The Morgan fingerprint density at radius 3 is 2.80 bits per heavy atom. The first-order chi connectivity index (χ1) is 9.80. The lowest BCUT2D eigenvalue weighted by Crippen LogP contribution is -2.04. The van der Waals surface area contributed by atoms with Crippen molar-refractivity contribution in [2.45, 2.75) is 13.3 Å². The highest BCUT2D eigenvalue weighted by molar-refractivity contribution is 6.10. The Hall–Kier alpha value is -3.12. The number of hydrogen-bond acceptors (Lipinski definition) is 5. The van der Waals surface area contributed by atoms with Crippen molar-refractivity contribution in [3.8, 4) is 17.8 Å². The molecule has 0 fully saturated rings. The van der Waals surface area contributed by atoms with Crippen molar-refractivity contribution < 1.29 is 0 Å². The molecule has 2 aromatic rings. The molecular formula is C14H12N6. The van der Waals surface area contributed by atoms with Crippen LogP contribution in [0.1, 0.15) is 12.7 Å². The smallest absolute Gasteiger partial charge is 0.237 e. The number of aryl methyl sites for hydroxylation is 1. The van der Waals surface area contributed by atoms with E-state index in [2.05, 4.69) is 15.5 Å². The summed E-state index contributed by atoms with van der Waals surface area (Å²) in [6, 6.07) is 10.9. The first-order valence-corrected chi connectivity index (χ1v) is 6.05. The quantitative estimate of drug-likeness (QED) is 0.677. The SMILES string of the molecule is CCc1nccn1-c1ccccc1NN=C(C#N)C#N. The predicted octanol–water partition coefficient (Wildman–Crippen LogP) is 2.25. The molecule has 98 valence electrons. The Morgan fingerprint density at radius 2 is 2.10 bits per heavy atom. The Kier molecular flexibility index (Phi) is 4.10. The van der Waals surface area contributed by atoms with E-state index in [0.29, 0.717) is 5.69 Å². The summed E-state index contributed by atoms with van der Waals surface area (Å²) in [5.41, 5.74) is 4.09. The first kappa shape index (κ1) is 13.3. The average Bonchev–Trinajstić information content (AvgIpc) is 2.97. The molecule has 0 aliphatic heterocycles. The fourth-order valence-corrected chi connectivity index (χ4v) is 1.78.